The third kappa shape index (κ3) is 4.43. The van der Waals surface area contributed by atoms with Crippen molar-refractivity contribution in [3.8, 4) is 5.69 Å². The summed E-state index contributed by atoms with van der Waals surface area (Å²) in [5.74, 6) is -1.80. The number of halogens is 3. The summed E-state index contributed by atoms with van der Waals surface area (Å²) in [5, 5.41) is 13.0. The van der Waals surface area contributed by atoms with E-state index in [4.69, 9.17) is 0 Å². The number of fused-ring (bicyclic) bond motifs is 1. The maximum Gasteiger partial charge on any atom is 0.416 e. The summed E-state index contributed by atoms with van der Waals surface area (Å²) >= 11 is 0. The number of nitrogens with one attached hydrogen (secondary N) is 2. The van der Waals surface area contributed by atoms with Gasteiger partial charge in [0.05, 0.1) is 23.0 Å². The Morgan fingerprint density at radius 3 is 2.62 bits per heavy atom. The van der Waals surface area contributed by atoms with E-state index in [9.17, 15) is 32.3 Å². The van der Waals surface area contributed by atoms with Gasteiger partial charge in [0.15, 0.2) is 5.69 Å². The molecule has 13 heteroatoms. The van der Waals surface area contributed by atoms with Gasteiger partial charge < -0.3 is 10.2 Å². The molecule has 0 spiro atoms. The van der Waals surface area contributed by atoms with Crippen molar-refractivity contribution in [1.29, 1.82) is 0 Å². The molecule has 1 aromatic heterocycles. The third-order valence-electron chi connectivity index (χ3n) is 7.35. The van der Waals surface area contributed by atoms with Gasteiger partial charge in [-0.25, -0.2) is 4.68 Å². The molecule has 0 bridgehead atoms. The molecule has 39 heavy (non-hydrogen) atoms. The van der Waals surface area contributed by atoms with E-state index in [0.29, 0.717) is 35.2 Å². The van der Waals surface area contributed by atoms with Crippen molar-refractivity contribution in [1.82, 2.24) is 30.5 Å². The van der Waals surface area contributed by atoms with Crippen LogP contribution in [0, 0.1) is 0 Å². The molecule has 4 amide bonds. The molecule has 1 aliphatic carbocycles. The van der Waals surface area contributed by atoms with Crippen molar-refractivity contribution in [2.24, 2.45) is 0 Å². The fourth-order valence-electron chi connectivity index (χ4n) is 5.06. The highest BCUT2D eigenvalue weighted by molar-refractivity contribution is 6.05. The first-order valence-electron chi connectivity index (χ1n) is 12.2. The molecule has 10 nitrogen and oxygen atoms in total. The van der Waals surface area contributed by atoms with Crippen LogP contribution >= 0.6 is 0 Å². The monoisotopic (exact) mass is 538 g/mol. The number of carbonyl (C=O) groups excluding carboxylic acids is 4. The van der Waals surface area contributed by atoms with E-state index in [1.54, 1.807) is 24.3 Å². The van der Waals surface area contributed by atoms with E-state index in [2.05, 4.69) is 20.9 Å². The van der Waals surface area contributed by atoms with E-state index in [1.807, 2.05) is 0 Å². The van der Waals surface area contributed by atoms with Crippen LogP contribution in [-0.2, 0) is 27.8 Å². The van der Waals surface area contributed by atoms with Gasteiger partial charge in [-0.2, -0.15) is 13.2 Å². The minimum atomic E-state index is -4.49. The Bertz CT molecular complexity index is 1540. The molecule has 3 aliphatic rings. The van der Waals surface area contributed by atoms with Gasteiger partial charge in [0.25, 0.3) is 11.8 Å². The van der Waals surface area contributed by atoms with Gasteiger partial charge >= 0.3 is 6.18 Å². The maximum absolute atomic E-state index is 13.2. The van der Waals surface area contributed by atoms with E-state index >= 15 is 0 Å². The Hall–Kier alpha value is -4.55. The number of amides is 4. The number of nitrogens with zero attached hydrogens (tertiary/aromatic N) is 4. The van der Waals surface area contributed by atoms with E-state index in [1.165, 1.54) is 21.8 Å². The molecule has 2 aromatic carbocycles. The number of imide groups is 1. The summed E-state index contributed by atoms with van der Waals surface area (Å²) in [4.78, 5) is 51.2. The van der Waals surface area contributed by atoms with E-state index in [-0.39, 0.29) is 36.9 Å². The summed E-state index contributed by atoms with van der Waals surface area (Å²) in [5.41, 5.74) is 0.192. The first-order chi connectivity index (χ1) is 18.5. The fraction of sp³-hybridized carbons (Fsp3) is 0.308. The molecule has 2 N–H and O–H groups in total. The van der Waals surface area contributed by atoms with Crippen LogP contribution in [0.15, 0.2) is 48.7 Å². The van der Waals surface area contributed by atoms with Crippen LogP contribution in [0.25, 0.3) is 5.69 Å². The highest BCUT2D eigenvalue weighted by atomic mass is 19.4. The predicted octanol–water partition coefficient (Wildman–Crippen LogP) is 2.47. The van der Waals surface area contributed by atoms with Gasteiger partial charge in [-0.05, 0) is 54.7 Å². The lowest BCUT2D eigenvalue weighted by atomic mass is 10.0. The highest BCUT2D eigenvalue weighted by Crippen LogP contribution is 2.46. The Morgan fingerprint density at radius 2 is 1.90 bits per heavy atom. The van der Waals surface area contributed by atoms with Gasteiger partial charge in [0, 0.05) is 18.5 Å². The Morgan fingerprint density at radius 1 is 1.10 bits per heavy atom. The Balaban J connectivity index is 1.18. The summed E-state index contributed by atoms with van der Waals surface area (Å²) < 4.78 is 40.8. The van der Waals surface area contributed by atoms with Crippen LogP contribution in [0.4, 0.5) is 13.2 Å². The first-order valence-corrected chi connectivity index (χ1v) is 12.2. The zero-order chi connectivity index (χ0) is 27.5. The molecule has 6 rings (SSSR count). The molecule has 2 aliphatic heterocycles. The van der Waals surface area contributed by atoms with Crippen molar-refractivity contribution in [3.05, 3.63) is 76.6 Å². The van der Waals surface area contributed by atoms with Crippen molar-refractivity contribution in [2.75, 3.05) is 0 Å². The fourth-order valence-corrected chi connectivity index (χ4v) is 5.06. The topological polar surface area (TPSA) is 126 Å². The standard InChI is InChI=1S/C26H21F3N6O4/c27-26(28,29)16-3-1-2-15(10-16)25(8-9-25)31-22(37)19-13-35(33-32-19)17-5-4-14-12-34(24(39)18(14)11-17)20-6-7-21(36)30-23(20)38/h1-5,10-11,13,20H,6-9,12H2,(H,31,37)(H,30,36,38). The van der Waals surface area contributed by atoms with Crippen LogP contribution in [0.1, 0.15) is 63.2 Å². The van der Waals surface area contributed by atoms with Gasteiger partial charge in [-0.3, -0.25) is 24.5 Å². The summed E-state index contributed by atoms with van der Waals surface area (Å²) in [6, 6.07) is 9.17. The molecule has 1 saturated carbocycles. The second kappa shape index (κ2) is 8.75. The Labute approximate surface area is 219 Å². The van der Waals surface area contributed by atoms with E-state index in [0.717, 1.165) is 12.1 Å². The minimum absolute atomic E-state index is 0.0368. The molecule has 200 valence electrons. The van der Waals surface area contributed by atoms with Crippen LogP contribution in [-0.4, -0.2) is 49.6 Å². The zero-order valence-electron chi connectivity index (χ0n) is 20.3. The smallest absolute Gasteiger partial charge is 0.341 e. The zero-order valence-corrected chi connectivity index (χ0v) is 20.3. The average Bonchev–Trinajstić information content (AvgIpc) is 3.37. The van der Waals surface area contributed by atoms with Crippen molar-refractivity contribution in [3.63, 3.8) is 0 Å². The molecular formula is C26H21F3N6O4. The average molecular weight is 538 g/mol. The lowest BCUT2D eigenvalue weighted by molar-refractivity contribution is -0.138. The maximum atomic E-state index is 13.2. The number of piperidine rings is 1. The summed E-state index contributed by atoms with van der Waals surface area (Å²) in [7, 11) is 0. The number of alkyl halides is 3. The van der Waals surface area contributed by atoms with Crippen LogP contribution < -0.4 is 10.6 Å². The third-order valence-corrected chi connectivity index (χ3v) is 7.35. The lowest BCUT2D eigenvalue weighted by Crippen LogP contribution is -2.52. The molecule has 1 atom stereocenters. The van der Waals surface area contributed by atoms with Gasteiger partial charge in [-0.15, -0.1) is 5.10 Å². The normalized spacial score (nSPS) is 20.0. The van der Waals surface area contributed by atoms with Gasteiger partial charge in [-0.1, -0.05) is 23.4 Å². The first kappa shape index (κ1) is 24.8. The van der Waals surface area contributed by atoms with Crippen molar-refractivity contribution < 1.29 is 32.3 Å². The molecule has 3 aromatic rings. The van der Waals surface area contributed by atoms with Crippen LogP contribution in [0.5, 0.6) is 0 Å². The number of carbonyl (C=O) groups is 4. The second-order valence-electron chi connectivity index (χ2n) is 9.90. The molecule has 1 saturated heterocycles. The molecule has 2 fully saturated rings. The SMILES string of the molecule is O=C1CCC(N2Cc3ccc(-n4cc(C(=O)NC5(c6cccc(C(F)(F)F)c6)CC5)nn4)cc3C2=O)C(=O)N1. The lowest BCUT2D eigenvalue weighted by Gasteiger charge is -2.29. The van der Waals surface area contributed by atoms with E-state index < -0.39 is 35.1 Å². The van der Waals surface area contributed by atoms with Crippen LogP contribution in [0.3, 0.4) is 0 Å². The molecular weight excluding hydrogens is 517 g/mol. The van der Waals surface area contributed by atoms with Crippen molar-refractivity contribution >= 4 is 23.6 Å². The number of rotatable bonds is 5. The molecule has 3 heterocycles. The molecule has 1 unspecified atom stereocenters. The molecule has 0 radical (unpaired) electrons. The second-order valence-corrected chi connectivity index (χ2v) is 9.90. The minimum Gasteiger partial charge on any atom is -0.341 e. The Kier molecular flexibility index (Phi) is 5.56. The van der Waals surface area contributed by atoms with Crippen molar-refractivity contribution in [2.45, 2.75) is 50.0 Å². The quantitative estimate of drug-likeness (QED) is 0.481. The number of hydrogen-bond acceptors (Lipinski definition) is 6. The van der Waals surface area contributed by atoms with Gasteiger partial charge in [0.2, 0.25) is 11.8 Å². The predicted molar refractivity (Wildman–Crippen MR) is 127 cm³/mol. The number of benzene rings is 2. The summed E-state index contributed by atoms with van der Waals surface area (Å²) in [6.45, 7) is 0.226. The number of aromatic nitrogens is 3. The van der Waals surface area contributed by atoms with Gasteiger partial charge in [0.1, 0.15) is 6.04 Å². The van der Waals surface area contributed by atoms with Crippen LogP contribution in [0.2, 0.25) is 0 Å². The largest absolute Gasteiger partial charge is 0.416 e. The number of hydrogen-bond donors (Lipinski definition) is 2. The highest BCUT2D eigenvalue weighted by Gasteiger charge is 2.47. The summed E-state index contributed by atoms with van der Waals surface area (Å²) in [6.07, 6.45) is -1.73.